The second-order valence-corrected chi connectivity index (χ2v) is 20.4. The monoisotopic (exact) mass is 716 g/mol. The Morgan fingerprint density at radius 3 is 0.771 bits per heavy atom. The van der Waals surface area contributed by atoms with Crippen molar-refractivity contribution in [2.24, 2.45) is 47.3 Å². The van der Waals surface area contributed by atoms with E-state index in [-0.39, 0.29) is 71.8 Å². The molecule has 5 aliphatic carbocycles. The molecule has 0 aromatic rings. The molecule has 0 saturated heterocycles. The highest BCUT2D eigenvalue weighted by molar-refractivity contribution is 7.48. The molecule has 0 radical (unpaired) electrons. The zero-order valence-electron chi connectivity index (χ0n) is 31.6. The van der Waals surface area contributed by atoms with Gasteiger partial charge in [0, 0.05) is 6.42 Å². The van der Waals surface area contributed by atoms with Gasteiger partial charge in [0.1, 0.15) is 0 Å². The Labute approximate surface area is 293 Å². The maximum atomic E-state index is 14.9. The highest BCUT2D eigenvalue weighted by Gasteiger charge is 2.47. The summed E-state index contributed by atoms with van der Waals surface area (Å²) in [5.41, 5.74) is 0. The molecule has 5 fully saturated rings. The van der Waals surface area contributed by atoms with Crippen molar-refractivity contribution in [3.05, 3.63) is 0 Å². The molecule has 280 valence electrons. The molecule has 0 bridgehead atoms. The molecular formula is C38H70O8P2. The zero-order valence-corrected chi connectivity index (χ0v) is 33.3. The molecule has 10 heteroatoms. The largest absolute Gasteiger partial charge is 0.475 e. The first-order chi connectivity index (χ1) is 22.8. The second kappa shape index (κ2) is 17.4. The third kappa shape index (κ3) is 10.2. The van der Waals surface area contributed by atoms with Crippen molar-refractivity contribution in [3.63, 3.8) is 0 Å². The molecule has 48 heavy (non-hydrogen) atoms. The van der Waals surface area contributed by atoms with Gasteiger partial charge >= 0.3 is 15.6 Å². The number of hydrogen-bond acceptors (Lipinski definition) is 8. The topological polar surface area (TPSA) is 89.5 Å². The molecule has 0 spiro atoms. The van der Waals surface area contributed by atoms with E-state index in [1.807, 2.05) is 0 Å². The Morgan fingerprint density at radius 2 is 0.542 bits per heavy atom. The maximum absolute atomic E-state index is 14.9. The van der Waals surface area contributed by atoms with Crippen molar-refractivity contribution in [1.29, 1.82) is 0 Å². The van der Waals surface area contributed by atoms with Gasteiger partial charge in [-0.25, -0.2) is 9.13 Å². The minimum absolute atomic E-state index is 0.171. The minimum Gasteiger partial charge on any atom is -0.283 e. The van der Waals surface area contributed by atoms with Gasteiger partial charge in [0.25, 0.3) is 0 Å². The molecular weight excluding hydrogens is 646 g/mol. The molecule has 8 nitrogen and oxygen atoms in total. The first kappa shape index (κ1) is 39.4. The van der Waals surface area contributed by atoms with Crippen molar-refractivity contribution < 1.29 is 36.3 Å². The fraction of sp³-hybridized carbons (Fsp3) is 1.00. The summed E-state index contributed by atoms with van der Waals surface area (Å²) >= 11 is 0. The number of rotatable bonds is 12. The van der Waals surface area contributed by atoms with Gasteiger partial charge in [-0.2, -0.15) is 0 Å². The average Bonchev–Trinajstić information content (AvgIpc) is 3.01. The first-order valence-corrected chi connectivity index (χ1v) is 23.0. The lowest BCUT2D eigenvalue weighted by atomic mass is 9.81. The molecule has 0 aliphatic heterocycles. The lowest BCUT2D eigenvalue weighted by Gasteiger charge is -2.42. The van der Waals surface area contributed by atoms with Crippen LogP contribution < -0.4 is 0 Å². The summed E-state index contributed by atoms with van der Waals surface area (Å²) in [6, 6.07) is 0. The van der Waals surface area contributed by atoms with Crippen molar-refractivity contribution in [2.45, 2.75) is 195 Å². The van der Waals surface area contributed by atoms with Gasteiger partial charge in [-0.1, -0.05) is 81.1 Å². The van der Waals surface area contributed by atoms with Crippen LogP contribution in [0.1, 0.15) is 158 Å². The molecule has 5 aliphatic rings. The van der Waals surface area contributed by atoms with Crippen LogP contribution in [-0.4, -0.2) is 36.6 Å². The highest BCUT2D eigenvalue weighted by Crippen LogP contribution is 2.61. The summed E-state index contributed by atoms with van der Waals surface area (Å²) < 4.78 is 69.0. The standard InChI is InChI=1S/C38H70O8P2/c1-25-14-9-15-26(2)35(25)43-47(39,44-36-27(3)16-10-17-28(36)4)41-33-22-13-23-34(24-33)42-48(40,45-37-29(5)18-11-19-30(37)6)46-38-31(7)20-12-21-32(38)8/h25-38H,9-24H2,1-8H3. The van der Waals surface area contributed by atoms with Crippen LogP contribution in [-0.2, 0) is 36.3 Å². The SMILES string of the molecule is CC1CCCC(C)C1OP(=O)(OC1CCCC(OP(=O)(OC2C(C)CCCC2C)OC2C(C)CCCC2C)C1)OC1C(C)CCCC1C. The van der Waals surface area contributed by atoms with E-state index in [1.165, 1.54) is 0 Å². The van der Waals surface area contributed by atoms with Gasteiger partial charge in [-0.3, -0.25) is 27.1 Å². The number of phosphoric acid groups is 2. The van der Waals surface area contributed by atoms with Crippen LogP contribution in [0.3, 0.4) is 0 Å². The van der Waals surface area contributed by atoms with E-state index in [1.54, 1.807) is 0 Å². The van der Waals surface area contributed by atoms with Gasteiger partial charge in [0.05, 0.1) is 36.6 Å². The predicted octanol–water partition coefficient (Wildman–Crippen LogP) is 11.9. The third-order valence-electron chi connectivity index (χ3n) is 12.9. The van der Waals surface area contributed by atoms with Gasteiger partial charge in [-0.15, -0.1) is 0 Å². The van der Waals surface area contributed by atoms with E-state index in [2.05, 4.69) is 55.4 Å². The Hall–Kier alpha value is 0.220. The summed E-state index contributed by atoms with van der Waals surface area (Å²) in [6.45, 7) is 17.6. The fourth-order valence-electron chi connectivity index (χ4n) is 9.84. The van der Waals surface area contributed by atoms with Crippen molar-refractivity contribution in [2.75, 3.05) is 0 Å². The van der Waals surface area contributed by atoms with Crippen LogP contribution in [0.15, 0.2) is 0 Å². The Kier molecular flexibility index (Phi) is 14.3. The summed E-state index contributed by atoms with van der Waals surface area (Å²) in [5.74, 6) is 2.28. The third-order valence-corrected chi connectivity index (χ3v) is 16.0. The molecule has 0 amide bonds. The van der Waals surface area contributed by atoms with Gasteiger partial charge in [0.2, 0.25) is 0 Å². The lowest BCUT2D eigenvalue weighted by molar-refractivity contribution is -0.0610. The van der Waals surface area contributed by atoms with Crippen molar-refractivity contribution >= 4 is 15.6 Å². The van der Waals surface area contributed by atoms with Crippen LogP contribution in [0.4, 0.5) is 0 Å². The average molecular weight is 717 g/mol. The Morgan fingerprint density at radius 1 is 0.333 bits per heavy atom. The predicted molar refractivity (Wildman–Crippen MR) is 192 cm³/mol. The minimum atomic E-state index is -3.93. The van der Waals surface area contributed by atoms with E-state index >= 15 is 0 Å². The van der Waals surface area contributed by atoms with Crippen molar-refractivity contribution in [1.82, 2.24) is 0 Å². The first-order valence-electron chi connectivity index (χ1n) is 20.1. The summed E-state index contributed by atoms with van der Waals surface area (Å²) in [4.78, 5) is 0. The smallest absolute Gasteiger partial charge is 0.283 e. The lowest BCUT2D eigenvalue weighted by Crippen LogP contribution is -2.38. The van der Waals surface area contributed by atoms with E-state index < -0.39 is 27.9 Å². The van der Waals surface area contributed by atoms with Gasteiger partial charge < -0.3 is 0 Å². The molecule has 10 atom stereocenters. The van der Waals surface area contributed by atoms with Crippen LogP contribution in [0.25, 0.3) is 0 Å². The van der Waals surface area contributed by atoms with Gasteiger partial charge in [0.15, 0.2) is 0 Å². The van der Waals surface area contributed by atoms with Crippen LogP contribution in [0.5, 0.6) is 0 Å². The fourth-order valence-corrected chi connectivity index (χ4v) is 14.1. The number of hydrogen-bond donors (Lipinski definition) is 0. The molecule has 10 unspecified atom stereocenters. The Balaban J connectivity index is 1.33. The normalized spacial score (nSPS) is 45.6. The van der Waals surface area contributed by atoms with E-state index in [0.717, 1.165) is 96.3 Å². The van der Waals surface area contributed by atoms with Crippen LogP contribution >= 0.6 is 15.6 Å². The molecule has 0 N–H and O–H groups in total. The van der Waals surface area contributed by atoms with Crippen LogP contribution in [0.2, 0.25) is 0 Å². The van der Waals surface area contributed by atoms with E-state index in [9.17, 15) is 9.13 Å². The van der Waals surface area contributed by atoms with Crippen molar-refractivity contribution in [3.8, 4) is 0 Å². The number of phosphoric ester groups is 2. The Bertz CT molecular complexity index is 919. The molecule has 5 saturated carbocycles. The molecule has 0 aromatic heterocycles. The van der Waals surface area contributed by atoms with Gasteiger partial charge in [-0.05, 0) is 118 Å². The summed E-state index contributed by atoms with van der Waals surface area (Å²) in [7, 11) is -7.86. The zero-order chi connectivity index (χ0) is 34.6. The molecule has 0 heterocycles. The van der Waals surface area contributed by atoms with E-state index in [0.29, 0.717) is 6.42 Å². The van der Waals surface area contributed by atoms with E-state index in [4.69, 9.17) is 27.1 Å². The summed E-state index contributed by atoms with van der Waals surface area (Å²) in [6.07, 6.45) is 14.3. The quantitative estimate of drug-likeness (QED) is 0.184. The molecule has 5 rings (SSSR count). The summed E-state index contributed by atoms with van der Waals surface area (Å²) in [5, 5.41) is 0. The highest BCUT2D eigenvalue weighted by atomic mass is 31.2. The maximum Gasteiger partial charge on any atom is 0.475 e. The second-order valence-electron chi connectivity index (χ2n) is 17.3. The molecule has 0 aromatic carbocycles. The van der Waals surface area contributed by atoms with Crippen LogP contribution in [0, 0.1) is 47.3 Å².